The Labute approximate surface area is 122 Å². The van der Waals surface area contributed by atoms with Crippen molar-refractivity contribution < 1.29 is 0 Å². The predicted molar refractivity (Wildman–Crippen MR) is 79.9 cm³/mol. The molecular formula is C15H15ClN4. The first-order chi connectivity index (χ1) is 9.74. The fraction of sp³-hybridized carbons (Fsp3) is 0.267. The average Bonchev–Trinajstić information content (AvgIpc) is 2.80. The van der Waals surface area contributed by atoms with Gasteiger partial charge in [0.15, 0.2) is 0 Å². The van der Waals surface area contributed by atoms with E-state index in [9.17, 15) is 0 Å². The van der Waals surface area contributed by atoms with E-state index in [1.807, 2.05) is 30.3 Å². The lowest BCUT2D eigenvalue weighted by Gasteiger charge is -2.02. The first-order valence-corrected chi connectivity index (χ1v) is 7.08. The summed E-state index contributed by atoms with van der Waals surface area (Å²) in [5.41, 5.74) is 2.97. The SMILES string of the molecule is CCCc1cc(Cl)nc(Cc2nc3ccccc3[nH]2)n1. The smallest absolute Gasteiger partial charge is 0.137 e. The molecule has 1 aromatic carbocycles. The molecule has 0 aliphatic rings. The number of hydrogen-bond donors (Lipinski definition) is 1. The molecule has 0 amide bonds. The summed E-state index contributed by atoms with van der Waals surface area (Å²) in [6, 6.07) is 9.78. The second kappa shape index (κ2) is 5.59. The Morgan fingerprint density at radius 1 is 1.15 bits per heavy atom. The summed E-state index contributed by atoms with van der Waals surface area (Å²) >= 11 is 6.05. The number of nitrogens with one attached hydrogen (secondary N) is 1. The predicted octanol–water partition coefficient (Wildman–Crippen LogP) is 3.55. The maximum atomic E-state index is 6.05. The highest BCUT2D eigenvalue weighted by molar-refractivity contribution is 6.29. The van der Waals surface area contributed by atoms with Gasteiger partial charge in [0.05, 0.1) is 17.5 Å². The van der Waals surface area contributed by atoms with Crippen molar-refractivity contribution in [3.8, 4) is 0 Å². The lowest BCUT2D eigenvalue weighted by atomic mass is 10.2. The van der Waals surface area contributed by atoms with Gasteiger partial charge in [-0.3, -0.25) is 0 Å². The van der Waals surface area contributed by atoms with Crippen molar-refractivity contribution in [1.82, 2.24) is 19.9 Å². The molecule has 0 radical (unpaired) electrons. The fourth-order valence-corrected chi connectivity index (χ4v) is 2.44. The summed E-state index contributed by atoms with van der Waals surface area (Å²) in [6.45, 7) is 2.12. The number of hydrogen-bond acceptors (Lipinski definition) is 3. The number of para-hydroxylation sites is 2. The summed E-state index contributed by atoms with van der Waals surface area (Å²) < 4.78 is 0. The molecule has 2 aromatic heterocycles. The molecule has 0 unspecified atom stereocenters. The van der Waals surface area contributed by atoms with Gasteiger partial charge in [0.1, 0.15) is 16.8 Å². The Balaban J connectivity index is 1.90. The van der Waals surface area contributed by atoms with E-state index in [2.05, 4.69) is 26.9 Å². The number of fused-ring (bicyclic) bond motifs is 1. The zero-order valence-corrected chi connectivity index (χ0v) is 12.0. The first-order valence-electron chi connectivity index (χ1n) is 6.70. The third kappa shape index (κ3) is 2.80. The number of rotatable bonds is 4. The summed E-state index contributed by atoms with van der Waals surface area (Å²) in [6.07, 6.45) is 2.51. The van der Waals surface area contributed by atoms with Gasteiger partial charge in [0.25, 0.3) is 0 Å². The lowest BCUT2D eigenvalue weighted by molar-refractivity contribution is 0.831. The number of H-pyrrole nitrogens is 1. The fourth-order valence-electron chi connectivity index (χ4n) is 2.22. The summed E-state index contributed by atoms with van der Waals surface area (Å²) in [5, 5.41) is 0.495. The average molecular weight is 287 g/mol. The van der Waals surface area contributed by atoms with Gasteiger partial charge in [0, 0.05) is 5.69 Å². The van der Waals surface area contributed by atoms with E-state index in [1.54, 1.807) is 0 Å². The van der Waals surface area contributed by atoms with E-state index in [-0.39, 0.29) is 0 Å². The number of aryl methyl sites for hydroxylation is 1. The molecule has 2 heterocycles. The molecule has 4 nitrogen and oxygen atoms in total. The molecule has 3 rings (SSSR count). The van der Waals surface area contributed by atoms with Crippen LogP contribution in [0.25, 0.3) is 11.0 Å². The zero-order valence-electron chi connectivity index (χ0n) is 11.2. The standard InChI is InChI=1S/C15H15ClN4/c1-2-5-10-8-13(16)20-14(17-10)9-15-18-11-6-3-4-7-12(11)19-15/h3-4,6-8H,2,5,9H2,1H3,(H,18,19). The number of aromatic nitrogens is 4. The zero-order chi connectivity index (χ0) is 13.9. The van der Waals surface area contributed by atoms with Crippen molar-refractivity contribution in [1.29, 1.82) is 0 Å². The van der Waals surface area contributed by atoms with Crippen molar-refractivity contribution in [3.63, 3.8) is 0 Å². The van der Waals surface area contributed by atoms with Crippen LogP contribution in [-0.4, -0.2) is 19.9 Å². The van der Waals surface area contributed by atoms with Gasteiger partial charge in [-0.1, -0.05) is 37.1 Å². The Morgan fingerprint density at radius 2 is 2.00 bits per heavy atom. The molecule has 0 aliphatic heterocycles. The Bertz CT molecular complexity index is 703. The molecule has 3 aromatic rings. The number of imidazole rings is 1. The van der Waals surface area contributed by atoms with E-state index >= 15 is 0 Å². The number of halogens is 1. The van der Waals surface area contributed by atoms with Gasteiger partial charge >= 0.3 is 0 Å². The van der Waals surface area contributed by atoms with Crippen molar-refractivity contribution in [3.05, 3.63) is 52.8 Å². The normalized spacial score (nSPS) is 11.1. The van der Waals surface area contributed by atoms with Gasteiger partial charge in [0.2, 0.25) is 0 Å². The molecule has 0 atom stereocenters. The van der Waals surface area contributed by atoms with Gasteiger partial charge < -0.3 is 4.98 Å². The van der Waals surface area contributed by atoms with E-state index in [0.717, 1.165) is 35.4 Å². The minimum absolute atomic E-state index is 0.495. The molecule has 0 bridgehead atoms. The van der Waals surface area contributed by atoms with Crippen molar-refractivity contribution >= 4 is 22.6 Å². The van der Waals surface area contributed by atoms with Crippen LogP contribution in [0.5, 0.6) is 0 Å². The van der Waals surface area contributed by atoms with Crippen molar-refractivity contribution in [2.45, 2.75) is 26.2 Å². The third-order valence-electron chi connectivity index (χ3n) is 3.06. The maximum absolute atomic E-state index is 6.05. The molecule has 1 N–H and O–H groups in total. The van der Waals surface area contributed by atoms with Crippen molar-refractivity contribution in [2.24, 2.45) is 0 Å². The Hall–Kier alpha value is -1.94. The first kappa shape index (κ1) is 13.1. The van der Waals surface area contributed by atoms with Crippen LogP contribution >= 0.6 is 11.6 Å². The van der Waals surface area contributed by atoms with Crippen LogP contribution in [0, 0.1) is 0 Å². The summed E-state index contributed by atoms with van der Waals surface area (Å²) in [4.78, 5) is 16.6. The maximum Gasteiger partial charge on any atom is 0.137 e. The molecule has 0 saturated carbocycles. The van der Waals surface area contributed by atoms with Gasteiger partial charge in [-0.2, -0.15) is 0 Å². The summed E-state index contributed by atoms with van der Waals surface area (Å²) in [7, 11) is 0. The topological polar surface area (TPSA) is 54.5 Å². The number of aromatic amines is 1. The summed E-state index contributed by atoms with van der Waals surface area (Å²) in [5.74, 6) is 1.57. The van der Waals surface area contributed by atoms with E-state index < -0.39 is 0 Å². The van der Waals surface area contributed by atoms with Crippen LogP contribution < -0.4 is 0 Å². The Morgan fingerprint density at radius 3 is 2.80 bits per heavy atom. The molecule has 0 aliphatic carbocycles. The number of nitrogens with zero attached hydrogens (tertiary/aromatic N) is 3. The van der Waals surface area contributed by atoms with Gasteiger partial charge in [-0.05, 0) is 24.6 Å². The minimum Gasteiger partial charge on any atom is -0.342 e. The monoisotopic (exact) mass is 286 g/mol. The highest BCUT2D eigenvalue weighted by Crippen LogP contribution is 2.14. The Kier molecular flexibility index (Phi) is 3.65. The number of benzene rings is 1. The van der Waals surface area contributed by atoms with Crippen LogP contribution in [0.4, 0.5) is 0 Å². The highest BCUT2D eigenvalue weighted by atomic mass is 35.5. The molecule has 102 valence electrons. The second-order valence-corrected chi connectivity index (χ2v) is 5.11. The van der Waals surface area contributed by atoms with Crippen LogP contribution in [-0.2, 0) is 12.8 Å². The quantitative estimate of drug-likeness (QED) is 0.746. The van der Waals surface area contributed by atoms with E-state index in [1.165, 1.54) is 0 Å². The van der Waals surface area contributed by atoms with Gasteiger partial charge in [-0.15, -0.1) is 0 Å². The second-order valence-electron chi connectivity index (χ2n) is 4.73. The highest BCUT2D eigenvalue weighted by Gasteiger charge is 2.08. The largest absolute Gasteiger partial charge is 0.342 e. The van der Waals surface area contributed by atoms with Crippen LogP contribution in [0.2, 0.25) is 5.15 Å². The lowest BCUT2D eigenvalue weighted by Crippen LogP contribution is -2.02. The third-order valence-corrected chi connectivity index (χ3v) is 3.26. The molecule has 5 heteroatoms. The van der Waals surface area contributed by atoms with Crippen LogP contribution in [0.1, 0.15) is 30.7 Å². The van der Waals surface area contributed by atoms with E-state index in [0.29, 0.717) is 17.4 Å². The van der Waals surface area contributed by atoms with Gasteiger partial charge in [-0.25, -0.2) is 15.0 Å². The minimum atomic E-state index is 0.495. The van der Waals surface area contributed by atoms with Crippen molar-refractivity contribution in [2.75, 3.05) is 0 Å². The van der Waals surface area contributed by atoms with Crippen LogP contribution in [0.3, 0.4) is 0 Å². The molecular weight excluding hydrogens is 272 g/mol. The molecule has 0 saturated heterocycles. The molecule has 0 spiro atoms. The van der Waals surface area contributed by atoms with E-state index in [4.69, 9.17) is 11.6 Å². The van der Waals surface area contributed by atoms with Crippen LogP contribution in [0.15, 0.2) is 30.3 Å². The molecule has 20 heavy (non-hydrogen) atoms. The molecule has 0 fully saturated rings.